The number of anilines is 2. The number of aryl methyl sites for hydroxylation is 1. The van der Waals surface area contributed by atoms with Gasteiger partial charge in [0.25, 0.3) is 0 Å². The Labute approximate surface area is 225 Å². The predicted octanol–water partition coefficient (Wildman–Crippen LogP) is 2.86. The van der Waals surface area contributed by atoms with E-state index >= 15 is 0 Å². The molecule has 0 spiro atoms. The fourth-order valence-electron chi connectivity index (χ4n) is 3.50. The first-order valence-corrected chi connectivity index (χ1v) is 12.6. The van der Waals surface area contributed by atoms with Crippen LogP contribution in [-0.4, -0.2) is 46.8 Å². The van der Waals surface area contributed by atoms with Crippen LogP contribution in [0.3, 0.4) is 0 Å². The molecule has 0 saturated heterocycles. The maximum Gasteiger partial charge on any atom is 0.232 e. The number of nitrogens with zero attached hydrogens (tertiary/aromatic N) is 7. The molecule has 0 bridgehead atoms. The molecular formula is C26H20FN9O2S. The van der Waals surface area contributed by atoms with E-state index in [1.165, 1.54) is 29.7 Å². The lowest BCUT2D eigenvalue weighted by Crippen LogP contribution is -2.16. The number of hydrogen-bond acceptors (Lipinski definition) is 9. The molecule has 11 nitrogen and oxygen atoms in total. The summed E-state index contributed by atoms with van der Waals surface area (Å²) in [5.74, 6) is 5.11. The van der Waals surface area contributed by atoms with Crippen LogP contribution in [0.2, 0.25) is 0 Å². The molecule has 13 heteroatoms. The van der Waals surface area contributed by atoms with Crippen molar-refractivity contribution in [2.75, 3.05) is 10.6 Å². The smallest absolute Gasteiger partial charge is 0.232 e. The molecule has 194 valence electrons. The van der Waals surface area contributed by atoms with Crippen LogP contribution in [0.15, 0.2) is 60.9 Å². The Kier molecular flexibility index (Phi) is 7.84. The Bertz CT molecular complexity index is 1660. The van der Waals surface area contributed by atoms with E-state index < -0.39 is 5.82 Å². The second-order valence-corrected chi connectivity index (χ2v) is 9.29. The van der Waals surface area contributed by atoms with E-state index in [1.807, 2.05) is 30.5 Å². The molecule has 2 amide bonds. The summed E-state index contributed by atoms with van der Waals surface area (Å²) in [5, 5.41) is 26.9. The van der Waals surface area contributed by atoms with Gasteiger partial charge in [0.15, 0.2) is 5.82 Å². The van der Waals surface area contributed by atoms with Crippen molar-refractivity contribution < 1.29 is 14.0 Å². The summed E-state index contributed by atoms with van der Waals surface area (Å²) in [7, 11) is 0. The van der Waals surface area contributed by atoms with Crippen molar-refractivity contribution >= 4 is 39.6 Å². The lowest BCUT2D eigenvalue weighted by Gasteiger charge is -2.03. The third-order valence-electron chi connectivity index (χ3n) is 5.21. The van der Waals surface area contributed by atoms with Gasteiger partial charge in [-0.1, -0.05) is 23.3 Å². The Morgan fingerprint density at radius 2 is 1.82 bits per heavy atom. The number of carbonyl (C=O) groups excluding carboxylic acids is 2. The molecule has 0 aliphatic heterocycles. The fraction of sp³-hybridized carbons (Fsp3) is 0.154. The quantitative estimate of drug-likeness (QED) is 0.286. The average molecular weight is 542 g/mol. The van der Waals surface area contributed by atoms with Crippen molar-refractivity contribution in [3.05, 3.63) is 88.8 Å². The van der Waals surface area contributed by atoms with Gasteiger partial charge in [-0.3, -0.25) is 14.6 Å². The van der Waals surface area contributed by atoms with E-state index in [9.17, 15) is 14.0 Å². The Morgan fingerprint density at radius 3 is 2.64 bits per heavy atom. The third-order valence-corrected chi connectivity index (χ3v) is 6.11. The van der Waals surface area contributed by atoms with Crippen LogP contribution in [0.4, 0.5) is 15.3 Å². The van der Waals surface area contributed by atoms with E-state index in [2.05, 4.69) is 53.0 Å². The number of hydrogen-bond donors (Lipinski definition) is 2. The third kappa shape index (κ3) is 7.24. The number of aromatic nitrogens is 7. The van der Waals surface area contributed by atoms with E-state index in [1.54, 1.807) is 16.6 Å². The standard InChI is InChI=1S/C26H20FN9O2S/c27-17-10-11-28-19(13-17)15-23(37)29-22-9-8-18(31-32-22)5-1-2-7-25-33-34-26(39-25)30-24(38)16-20-14-21-6-3-4-12-36(21)35-20/h3-4,6,8-14H,2,7,15-16H2,(H,29,32,37)(H,30,34,38). The van der Waals surface area contributed by atoms with Gasteiger partial charge in [-0.25, -0.2) is 8.91 Å². The van der Waals surface area contributed by atoms with Crippen LogP contribution in [0, 0.1) is 17.7 Å². The molecule has 0 aliphatic carbocycles. The predicted molar refractivity (Wildman–Crippen MR) is 141 cm³/mol. The van der Waals surface area contributed by atoms with Gasteiger partial charge in [0.1, 0.15) is 16.5 Å². The zero-order valence-electron chi connectivity index (χ0n) is 20.3. The molecule has 2 N–H and O–H groups in total. The van der Waals surface area contributed by atoms with Crippen molar-refractivity contribution in [1.29, 1.82) is 0 Å². The van der Waals surface area contributed by atoms with Crippen LogP contribution < -0.4 is 10.6 Å². The molecular weight excluding hydrogens is 521 g/mol. The Balaban J connectivity index is 1.06. The Morgan fingerprint density at radius 1 is 0.949 bits per heavy atom. The average Bonchev–Trinajstić information content (AvgIpc) is 3.53. The van der Waals surface area contributed by atoms with Gasteiger partial charge in [-0.05, 0) is 48.4 Å². The molecule has 39 heavy (non-hydrogen) atoms. The summed E-state index contributed by atoms with van der Waals surface area (Å²) in [6, 6.07) is 13.2. The number of amides is 2. The maximum absolute atomic E-state index is 13.2. The minimum Gasteiger partial charge on any atom is -0.309 e. The van der Waals surface area contributed by atoms with Gasteiger partial charge in [0, 0.05) is 25.2 Å². The zero-order chi connectivity index (χ0) is 27.0. The monoisotopic (exact) mass is 541 g/mol. The summed E-state index contributed by atoms with van der Waals surface area (Å²) < 4.78 is 14.9. The highest BCUT2D eigenvalue weighted by molar-refractivity contribution is 7.15. The van der Waals surface area contributed by atoms with E-state index in [4.69, 9.17) is 0 Å². The number of carbonyl (C=O) groups is 2. The zero-order valence-corrected chi connectivity index (χ0v) is 21.2. The number of nitrogens with one attached hydrogen (secondary N) is 2. The van der Waals surface area contributed by atoms with E-state index in [-0.39, 0.29) is 30.5 Å². The fourth-order valence-corrected chi connectivity index (χ4v) is 4.25. The molecule has 5 aromatic heterocycles. The molecule has 0 aliphatic rings. The lowest BCUT2D eigenvalue weighted by molar-refractivity contribution is -0.116. The van der Waals surface area contributed by atoms with Crippen molar-refractivity contribution in [1.82, 2.24) is 35.0 Å². The van der Waals surface area contributed by atoms with Gasteiger partial charge in [-0.2, -0.15) is 5.10 Å². The van der Waals surface area contributed by atoms with Gasteiger partial charge in [0.2, 0.25) is 16.9 Å². The highest BCUT2D eigenvalue weighted by Gasteiger charge is 2.11. The van der Waals surface area contributed by atoms with Gasteiger partial charge in [0.05, 0.1) is 29.7 Å². The number of fused-ring (bicyclic) bond motifs is 1. The SMILES string of the molecule is O=C(Cc1cc(F)ccn1)Nc1ccc(C#CCCc2nnc(NC(=O)Cc3cc4ccccn4n3)s2)nn1. The number of halogens is 1. The topological polar surface area (TPSA) is 140 Å². The molecule has 5 rings (SSSR count). The molecule has 0 saturated carbocycles. The van der Waals surface area contributed by atoms with Gasteiger partial charge >= 0.3 is 0 Å². The summed E-state index contributed by atoms with van der Waals surface area (Å²) in [6.07, 6.45) is 4.25. The molecule has 0 unspecified atom stereocenters. The highest BCUT2D eigenvalue weighted by atomic mass is 32.1. The highest BCUT2D eigenvalue weighted by Crippen LogP contribution is 2.17. The molecule has 0 aromatic carbocycles. The van der Waals surface area contributed by atoms with E-state index in [0.717, 1.165) is 10.5 Å². The lowest BCUT2D eigenvalue weighted by atomic mass is 10.2. The summed E-state index contributed by atoms with van der Waals surface area (Å²) >= 11 is 1.29. The summed E-state index contributed by atoms with van der Waals surface area (Å²) in [6.45, 7) is 0. The van der Waals surface area contributed by atoms with Crippen LogP contribution in [-0.2, 0) is 28.9 Å². The molecule has 0 fully saturated rings. The van der Waals surface area contributed by atoms with Gasteiger partial charge < -0.3 is 10.6 Å². The molecule has 5 aromatic rings. The van der Waals surface area contributed by atoms with Gasteiger partial charge in [-0.15, -0.1) is 20.4 Å². The summed E-state index contributed by atoms with van der Waals surface area (Å²) in [5.41, 5.74) is 2.34. The number of pyridine rings is 2. The van der Waals surface area contributed by atoms with Crippen molar-refractivity contribution in [3.8, 4) is 11.8 Å². The minimum atomic E-state index is -0.454. The van der Waals surface area contributed by atoms with Crippen molar-refractivity contribution in [2.24, 2.45) is 0 Å². The first kappa shape index (κ1) is 25.6. The summed E-state index contributed by atoms with van der Waals surface area (Å²) in [4.78, 5) is 28.4. The second-order valence-electron chi connectivity index (χ2n) is 8.23. The first-order valence-electron chi connectivity index (χ1n) is 11.8. The normalized spacial score (nSPS) is 10.6. The Hall–Kier alpha value is -5.09. The van der Waals surface area contributed by atoms with Crippen LogP contribution in [0.1, 0.15) is 28.5 Å². The number of rotatable bonds is 8. The van der Waals surface area contributed by atoms with Crippen LogP contribution >= 0.6 is 11.3 Å². The second kappa shape index (κ2) is 12.0. The largest absolute Gasteiger partial charge is 0.309 e. The van der Waals surface area contributed by atoms with E-state index in [0.29, 0.717) is 35.1 Å². The maximum atomic E-state index is 13.2. The minimum absolute atomic E-state index is 0.0835. The molecule has 0 atom stereocenters. The van der Waals surface area contributed by atoms with Crippen molar-refractivity contribution in [3.63, 3.8) is 0 Å². The molecule has 0 radical (unpaired) electrons. The first-order chi connectivity index (χ1) is 19.0. The van der Waals surface area contributed by atoms with Crippen LogP contribution in [0.25, 0.3) is 5.52 Å². The molecule has 5 heterocycles. The van der Waals surface area contributed by atoms with Crippen LogP contribution in [0.5, 0.6) is 0 Å². The van der Waals surface area contributed by atoms with Crippen molar-refractivity contribution in [2.45, 2.75) is 25.7 Å².